The van der Waals surface area contributed by atoms with Crippen LogP contribution in [0, 0.1) is 0 Å². The second-order valence-corrected chi connectivity index (χ2v) is 5.11. The van der Waals surface area contributed by atoms with E-state index < -0.39 is 12.4 Å². The quantitative estimate of drug-likeness (QED) is 0.927. The van der Waals surface area contributed by atoms with Gasteiger partial charge in [-0.3, -0.25) is 9.58 Å². The molecule has 0 radical (unpaired) electrons. The van der Waals surface area contributed by atoms with Crippen LogP contribution in [0.1, 0.15) is 18.9 Å². The third-order valence-electron chi connectivity index (χ3n) is 3.59. The van der Waals surface area contributed by atoms with Gasteiger partial charge in [0.25, 0.3) is 0 Å². The summed E-state index contributed by atoms with van der Waals surface area (Å²) in [5.41, 5.74) is 2.25. The first-order valence-corrected chi connectivity index (χ1v) is 7.33. The van der Waals surface area contributed by atoms with Crippen molar-refractivity contribution in [2.45, 2.75) is 13.2 Å². The largest absolute Gasteiger partial charge is 0.465 e. The molecule has 1 amide bonds. The Bertz CT molecular complexity index is 709. The van der Waals surface area contributed by atoms with Gasteiger partial charge in [-0.05, 0) is 19.1 Å². The number of amides is 1. The predicted molar refractivity (Wildman–Crippen MR) is 82.1 cm³/mol. The summed E-state index contributed by atoms with van der Waals surface area (Å²) in [7, 11) is 1.83. The van der Waals surface area contributed by atoms with E-state index in [1.54, 1.807) is 23.9 Å². The highest BCUT2D eigenvalue weighted by Crippen LogP contribution is 2.33. The lowest BCUT2D eigenvalue weighted by Crippen LogP contribution is -2.30. The van der Waals surface area contributed by atoms with E-state index in [2.05, 4.69) is 10.1 Å². The van der Waals surface area contributed by atoms with Gasteiger partial charge in [-0.2, -0.15) is 5.10 Å². The SMILES string of the molecule is CCN(C(=O)O)c1ccc(-c2cnn(C)c2)c(C2OCCO2)n1. The van der Waals surface area contributed by atoms with E-state index in [0.717, 1.165) is 11.1 Å². The first-order valence-electron chi connectivity index (χ1n) is 7.33. The molecule has 8 nitrogen and oxygen atoms in total. The summed E-state index contributed by atoms with van der Waals surface area (Å²) in [6.07, 6.45) is 1.94. The van der Waals surface area contributed by atoms with Gasteiger partial charge in [0.15, 0.2) is 0 Å². The van der Waals surface area contributed by atoms with E-state index in [4.69, 9.17) is 9.47 Å². The summed E-state index contributed by atoms with van der Waals surface area (Å²) in [6, 6.07) is 3.50. The molecule has 23 heavy (non-hydrogen) atoms. The second-order valence-electron chi connectivity index (χ2n) is 5.11. The van der Waals surface area contributed by atoms with Gasteiger partial charge in [-0.15, -0.1) is 0 Å². The zero-order valence-corrected chi connectivity index (χ0v) is 13.0. The van der Waals surface area contributed by atoms with Crippen LogP contribution < -0.4 is 4.90 Å². The molecule has 3 rings (SSSR count). The number of carbonyl (C=O) groups is 1. The normalized spacial score (nSPS) is 15.0. The molecule has 0 bridgehead atoms. The van der Waals surface area contributed by atoms with Crippen molar-refractivity contribution in [3.05, 3.63) is 30.2 Å². The van der Waals surface area contributed by atoms with Crippen LogP contribution in [0.2, 0.25) is 0 Å². The minimum Gasteiger partial charge on any atom is -0.465 e. The Hall–Kier alpha value is -2.45. The second kappa shape index (κ2) is 6.35. The maximum atomic E-state index is 11.3. The minimum atomic E-state index is -1.05. The van der Waals surface area contributed by atoms with Crippen LogP contribution in [0.25, 0.3) is 11.1 Å². The molecule has 1 saturated heterocycles. The van der Waals surface area contributed by atoms with Crippen molar-refractivity contribution in [1.29, 1.82) is 0 Å². The highest BCUT2D eigenvalue weighted by atomic mass is 16.7. The fourth-order valence-electron chi connectivity index (χ4n) is 2.51. The van der Waals surface area contributed by atoms with Crippen molar-refractivity contribution in [3.63, 3.8) is 0 Å². The number of hydrogen-bond acceptors (Lipinski definition) is 5. The Morgan fingerprint density at radius 1 is 1.43 bits per heavy atom. The molecule has 0 saturated carbocycles. The fourth-order valence-corrected chi connectivity index (χ4v) is 2.51. The molecule has 0 aliphatic carbocycles. The summed E-state index contributed by atoms with van der Waals surface area (Å²) in [4.78, 5) is 17.0. The van der Waals surface area contributed by atoms with Crippen molar-refractivity contribution in [1.82, 2.24) is 14.8 Å². The van der Waals surface area contributed by atoms with Crippen LogP contribution in [0.15, 0.2) is 24.5 Å². The van der Waals surface area contributed by atoms with Crippen molar-refractivity contribution >= 4 is 11.9 Å². The van der Waals surface area contributed by atoms with Gasteiger partial charge >= 0.3 is 6.09 Å². The molecule has 0 aromatic carbocycles. The molecule has 0 atom stereocenters. The molecule has 1 N–H and O–H groups in total. The Morgan fingerprint density at radius 3 is 2.74 bits per heavy atom. The molecule has 0 unspecified atom stereocenters. The molecule has 1 aliphatic rings. The average molecular weight is 318 g/mol. The highest BCUT2D eigenvalue weighted by Gasteiger charge is 2.26. The topological polar surface area (TPSA) is 89.7 Å². The fraction of sp³-hybridized carbons (Fsp3) is 0.400. The monoisotopic (exact) mass is 318 g/mol. The smallest absolute Gasteiger partial charge is 0.412 e. The summed E-state index contributed by atoms with van der Waals surface area (Å²) in [6.45, 7) is 3.03. The summed E-state index contributed by atoms with van der Waals surface area (Å²) in [5, 5.41) is 13.4. The van der Waals surface area contributed by atoms with Crippen LogP contribution in [0.4, 0.5) is 10.6 Å². The van der Waals surface area contributed by atoms with Gasteiger partial charge in [-0.25, -0.2) is 9.78 Å². The Kier molecular flexibility index (Phi) is 4.26. The van der Waals surface area contributed by atoms with Crippen molar-refractivity contribution in [2.75, 3.05) is 24.7 Å². The summed E-state index contributed by atoms with van der Waals surface area (Å²) < 4.78 is 12.8. The summed E-state index contributed by atoms with van der Waals surface area (Å²) >= 11 is 0. The molecule has 3 heterocycles. The standard InChI is InChI=1S/C15H18N4O4/c1-3-19(15(20)21)12-5-4-11(10-8-16-18(2)9-10)13(17-12)14-22-6-7-23-14/h4-5,8-9,14H,3,6-7H2,1-2H3,(H,20,21). The zero-order valence-electron chi connectivity index (χ0n) is 13.0. The van der Waals surface area contributed by atoms with E-state index >= 15 is 0 Å². The lowest BCUT2D eigenvalue weighted by atomic mass is 10.1. The van der Waals surface area contributed by atoms with Gasteiger partial charge < -0.3 is 14.6 Å². The first kappa shape index (κ1) is 15.4. The van der Waals surface area contributed by atoms with E-state index in [0.29, 0.717) is 31.3 Å². The molecule has 0 spiro atoms. The Morgan fingerprint density at radius 2 is 2.17 bits per heavy atom. The van der Waals surface area contributed by atoms with E-state index in [9.17, 15) is 9.90 Å². The number of hydrogen-bond donors (Lipinski definition) is 1. The maximum Gasteiger partial charge on any atom is 0.412 e. The number of anilines is 1. The first-order chi connectivity index (χ1) is 11.1. The summed E-state index contributed by atoms with van der Waals surface area (Å²) in [5.74, 6) is 0.349. The predicted octanol–water partition coefficient (Wildman–Crippen LogP) is 2.03. The van der Waals surface area contributed by atoms with E-state index in [1.165, 1.54) is 4.90 Å². The van der Waals surface area contributed by atoms with Crippen LogP contribution in [0.5, 0.6) is 0 Å². The number of ether oxygens (including phenoxy) is 2. The van der Waals surface area contributed by atoms with E-state index in [-0.39, 0.29) is 0 Å². The minimum absolute atomic E-state index is 0.306. The van der Waals surface area contributed by atoms with Crippen molar-refractivity contribution < 1.29 is 19.4 Å². The van der Waals surface area contributed by atoms with Gasteiger partial charge in [0.1, 0.15) is 11.5 Å². The lowest BCUT2D eigenvalue weighted by Gasteiger charge is -2.19. The van der Waals surface area contributed by atoms with Gasteiger partial charge in [0.2, 0.25) is 6.29 Å². The molecule has 8 heteroatoms. The Labute approximate surface area is 133 Å². The number of aryl methyl sites for hydroxylation is 1. The van der Waals surface area contributed by atoms with Crippen LogP contribution in [-0.4, -0.2) is 45.7 Å². The molecule has 1 fully saturated rings. The maximum absolute atomic E-state index is 11.3. The highest BCUT2D eigenvalue weighted by molar-refractivity contribution is 5.85. The molecule has 122 valence electrons. The third-order valence-corrected chi connectivity index (χ3v) is 3.59. The zero-order chi connectivity index (χ0) is 16.4. The van der Waals surface area contributed by atoms with Crippen LogP contribution in [-0.2, 0) is 16.5 Å². The van der Waals surface area contributed by atoms with Crippen LogP contribution in [0.3, 0.4) is 0 Å². The number of rotatable bonds is 4. The number of carboxylic acid groups (broad SMARTS) is 1. The van der Waals surface area contributed by atoms with Crippen molar-refractivity contribution in [2.24, 2.45) is 7.05 Å². The third kappa shape index (κ3) is 3.03. The molecule has 2 aromatic rings. The van der Waals surface area contributed by atoms with Crippen LogP contribution >= 0.6 is 0 Å². The number of nitrogens with zero attached hydrogens (tertiary/aromatic N) is 4. The van der Waals surface area contributed by atoms with Gasteiger partial charge in [-0.1, -0.05) is 0 Å². The van der Waals surface area contributed by atoms with Gasteiger partial charge in [0, 0.05) is 30.9 Å². The molecule has 2 aromatic heterocycles. The number of pyridine rings is 1. The molecular weight excluding hydrogens is 300 g/mol. The molecule has 1 aliphatic heterocycles. The Balaban J connectivity index is 2.07. The van der Waals surface area contributed by atoms with Crippen molar-refractivity contribution in [3.8, 4) is 11.1 Å². The molecular formula is C15H18N4O4. The lowest BCUT2D eigenvalue weighted by molar-refractivity contribution is -0.0467. The van der Waals surface area contributed by atoms with E-state index in [1.807, 2.05) is 19.3 Å². The average Bonchev–Trinajstić information content (AvgIpc) is 3.19. The number of aromatic nitrogens is 3. The van der Waals surface area contributed by atoms with Gasteiger partial charge in [0.05, 0.1) is 19.4 Å².